The van der Waals surface area contributed by atoms with Crippen molar-refractivity contribution in [2.45, 2.75) is 17.8 Å². The first-order valence-corrected chi connectivity index (χ1v) is 10.8. The number of hydrogen-bond acceptors (Lipinski definition) is 5. The van der Waals surface area contributed by atoms with Gasteiger partial charge in [0.1, 0.15) is 5.75 Å². The number of ether oxygens (including phenoxy) is 1. The van der Waals surface area contributed by atoms with Crippen molar-refractivity contribution in [3.63, 3.8) is 0 Å². The van der Waals surface area contributed by atoms with Gasteiger partial charge in [0.05, 0.1) is 32.0 Å². The number of imidazole rings is 1. The summed E-state index contributed by atoms with van der Waals surface area (Å²) in [5.74, 6) is -0.815. The van der Waals surface area contributed by atoms with E-state index in [0.717, 1.165) is 6.08 Å². The molecule has 1 aromatic heterocycles. The monoisotopic (exact) mass is 452 g/mol. The summed E-state index contributed by atoms with van der Waals surface area (Å²) in [4.78, 5) is 16.2. The number of aromatic nitrogens is 2. The van der Waals surface area contributed by atoms with E-state index in [4.69, 9.17) is 4.78 Å². The number of nitrogens with zero attached hydrogens (tertiary/aromatic N) is 2. The molecule has 31 heavy (non-hydrogen) atoms. The Morgan fingerprint density at radius 1 is 1.35 bits per heavy atom. The van der Waals surface area contributed by atoms with Crippen molar-refractivity contribution < 1.29 is 26.9 Å². The van der Waals surface area contributed by atoms with Crippen LogP contribution in [0, 0.1) is 4.78 Å². The smallest absolute Gasteiger partial charge is 0.406 e. The Morgan fingerprint density at radius 3 is 2.55 bits per heavy atom. The summed E-state index contributed by atoms with van der Waals surface area (Å²) in [5, 5.41) is 2.61. The van der Waals surface area contributed by atoms with E-state index in [9.17, 15) is 22.2 Å². The number of halogens is 3. The summed E-state index contributed by atoms with van der Waals surface area (Å²) in [6.07, 6.45) is -0.942. The maximum atomic E-state index is 12.8. The molecule has 1 heterocycles. The number of fused-ring (bicyclic) bond motifs is 1. The molecule has 0 radical (unpaired) electrons. The Kier molecular flexibility index (Phi) is 5.81. The minimum Gasteiger partial charge on any atom is -0.406 e. The molecule has 0 saturated heterocycles. The lowest BCUT2D eigenvalue weighted by molar-refractivity contribution is -0.274. The van der Waals surface area contributed by atoms with Crippen molar-refractivity contribution in [2.24, 2.45) is 7.05 Å². The average Bonchev–Trinajstić information content (AvgIpc) is 3.05. The van der Waals surface area contributed by atoms with E-state index in [1.807, 2.05) is 0 Å². The summed E-state index contributed by atoms with van der Waals surface area (Å²) in [7, 11) is -1.54. The average molecular weight is 452 g/mol. The first-order chi connectivity index (χ1) is 14.4. The van der Waals surface area contributed by atoms with E-state index in [2.05, 4.69) is 21.6 Å². The van der Waals surface area contributed by atoms with Gasteiger partial charge in [0.25, 0.3) is 0 Å². The van der Waals surface area contributed by atoms with Crippen LogP contribution in [0.2, 0.25) is 0 Å². The summed E-state index contributed by atoms with van der Waals surface area (Å²) in [5.41, 5.74) is 2.39. The van der Waals surface area contributed by atoms with Gasteiger partial charge >= 0.3 is 6.36 Å². The van der Waals surface area contributed by atoms with Crippen LogP contribution in [0.25, 0.3) is 22.2 Å². The normalized spacial score (nSPS) is 13.6. The lowest BCUT2D eigenvalue weighted by Crippen LogP contribution is -2.21. The molecular formula is C20H19F3N4O3S. The van der Waals surface area contributed by atoms with E-state index in [1.54, 1.807) is 17.7 Å². The van der Waals surface area contributed by atoms with E-state index in [0.29, 0.717) is 27.7 Å². The zero-order chi connectivity index (χ0) is 23.0. The van der Waals surface area contributed by atoms with Crippen LogP contribution in [0.4, 0.5) is 13.2 Å². The zero-order valence-corrected chi connectivity index (χ0v) is 17.4. The zero-order valence-electron chi connectivity index (χ0n) is 16.6. The highest BCUT2D eigenvalue weighted by Gasteiger charge is 2.31. The molecule has 0 aliphatic carbocycles. The number of carbonyl (C=O) groups is 1. The second-order valence-electron chi connectivity index (χ2n) is 6.80. The van der Waals surface area contributed by atoms with Gasteiger partial charge < -0.3 is 14.6 Å². The van der Waals surface area contributed by atoms with Gasteiger partial charge in [0, 0.05) is 25.4 Å². The molecule has 1 atom stereocenters. The molecule has 3 aromatic rings. The SMILES string of the molecule is C=CC(=O)NCc1cc(-c2ccc(OC(F)(F)F)cc2)c2ncn(C)c2c1[S@@](C)(=N)=O. The minimum absolute atomic E-state index is 0.0206. The van der Waals surface area contributed by atoms with Crippen molar-refractivity contribution in [3.8, 4) is 16.9 Å². The fourth-order valence-corrected chi connectivity index (χ4v) is 4.47. The van der Waals surface area contributed by atoms with Crippen molar-refractivity contribution in [3.05, 3.63) is 54.9 Å². The molecule has 2 aromatic carbocycles. The molecule has 11 heteroatoms. The summed E-state index contributed by atoms with van der Waals surface area (Å²) >= 11 is 0. The highest BCUT2D eigenvalue weighted by Crippen LogP contribution is 2.36. The van der Waals surface area contributed by atoms with E-state index in [1.165, 1.54) is 36.8 Å². The van der Waals surface area contributed by atoms with Gasteiger partial charge in [0.2, 0.25) is 5.91 Å². The maximum absolute atomic E-state index is 12.8. The predicted molar refractivity (Wildman–Crippen MR) is 110 cm³/mol. The second-order valence-corrected chi connectivity index (χ2v) is 8.90. The number of carbonyl (C=O) groups excluding carboxylic acids is 1. The van der Waals surface area contributed by atoms with Crippen LogP contribution in [-0.2, 0) is 28.1 Å². The lowest BCUT2D eigenvalue weighted by Gasteiger charge is -2.16. The maximum Gasteiger partial charge on any atom is 0.573 e. The van der Waals surface area contributed by atoms with Crippen LogP contribution in [-0.4, -0.2) is 32.3 Å². The van der Waals surface area contributed by atoms with E-state index in [-0.39, 0.29) is 17.2 Å². The molecule has 0 saturated carbocycles. The number of amides is 1. The number of alkyl halides is 3. The summed E-state index contributed by atoms with van der Waals surface area (Å²) < 4.78 is 63.8. The quantitative estimate of drug-likeness (QED) is 0.553. The molecule has 7 nitrogen and oxygen atoms in total. The Labute approximate surface area is 176 Å². The molecule has 0 fully saturated rings. The predicted octanol–water partition coefficient (Wildman–Crippen LogP) is 3.98. The van der Waals surface area contributed by atoms with Crippen LogP contribution in [0.5, 0.6) is 5.75 Å². The highest BCUT2D eigenvalue weighted by molar-refractivity contribution is 7.92. The number of benzene rings is 2. The van der Waals surface area contributed by atoms with Crippen LogP contribution >= 0.6 is 0 Å². The number of rotatable bonds is 6. The molecule has 1 amide bonds. The third-order valence-electron chi connectivity index (χ3n) is 4.44. The van der Waals surface area contributed by atoms with Crippen molar-refractivity contribution in [1.82, 2.24) is 14.9 Å². The first-order valence-electron chi connectivity index (χ1n) is 8.88. The van der Waals surface area contributed by atoms with Crippen LogP contribution < -0.4 is 10.1 Å². The number of nitrogens with one attached hydrogen (secondary N) is 2. The second kappa shape index (κ2) is 8.06. The van der Waals surface area contributed by atoms with Gasteiger partial charge in [-0.3, -0.25) is 4.79 Å². The molecule has 3 rings (SSSR count). The third-order valence-corrected chi connectivity index (χ3v) is 5.68. The highest BCUT2D eigenvalue weighted by atomic mass is 32.2. The van der Waals surface area contributed by atoms with Gasteiger partial charge in [-0.1, -0.05) is 18.7 Å². The lowest BCUT2D eigenvalue weighted by atomic mass is 10.0. The topological polar surface area (TPSA) is 97.1 Å². The summed E-state index contributed by atoms with van der Waals surface area (Å²) in [6, 6.07) is 6.88. The molecule has 2 N–H and O–H groups in total. The molecule has 0 unspecified atom stereocenters. The molecular weight excluding hydrogens is 433 g/mol. The molecule has 0 aliphatic rings. The van der Waals surface area contributed by atoms with Gasteiger partial charge in [-0.2, -0.15) is 0 Å². The Hall–Kier alpha value is -3.34. The van der Waals surface area contributed by atoms with Crippen molar-refractivity contribution in [1.29, 1.82) is 4.78 Å². The Balaban J connectivity index is 2.20. The van der Waals surface area contributed by atoms with Gasteiger partial charge in [-0.05, 0) is 35.4 Å². The van der Waals surface area contributed by atoms with Crippen LogP contribution in [0.3, 0.4) is 0 Å². The number of hydrogen-bond donors (Lipinski definition) is 2. The van der Waals surface area contributed by atoms with Crippen LogP contribution in [0.1, 0.15) is 5.56 Å². The van der Waals surface area contributed by atoms with Crippen molar-refractivity contribution >= 4 is 26.7 Å². The first kappa shape index (κ1) is 22.3. The van der Waals surface area contributed by atoms with Gasteiger partial charge in [-0.15, -0.1) is 13.2 Å². The molecule has 0 spiro atoms. The fourth-order valence-electron chi connectivity index (χ4n) is 3.23. The Bertz CT molecular complexity index is 1260. The largest absolute Gasteiger partial charge is 0.573 e. The number of aryl methyl sites for hydroxylation is 1. The molecule has 164 valence electrons. The van der Waals surface area contributed by atoms with Crippen LogP contribution in [0.15, 0.2) is 54.2 Å². The van der Waals surface area contributed by atoms with E-state index >= 15 is 0 Å². The molecule has 0 bridgehead atoms. The minimum atomic E-state index is -4.80. The standard InChI is InChI=1S/C20H19F3N4O3S/c1-4-16(28)25-10-13-9-15(12-5-7-14(8-6-12)30-20(21,22)23)17-18(27(2)11-26-17)19(13)31(3,24)29/h4-9,11,24H,1,10H2,2-3H3,(H,25,28)/t31-/m0/s1. The van der Waals surface area contributed by atoms with Gasteiger partial charge in [-0.25, -0.2) is 14.0 Å². The van der Waals surface area contributed by atoms with Gasteiger partial charge in [0.15, 0.2) is 0 Å². The third kappa shape index (κ3) is 4.88. The molecule has 0 aliphatic heterocycles. The Morgan fingerprint density at radius 2 is 2.00 bits per heavy atom. The van der Waals surface area contributed by atoms with E-state index < -0.39 is 22.0 Å². The fraction of sp³-hybridized carbons (Fsp3) is 0.200. The van der Waals surface area contributed by atoms with Crippen molar-refractivity contribution in [2.75, 3.05) is 6.26 Å². The summed E-state index contributed by atoms with van der Waals surface area (Å²) in [6.45, 7) is 3.37.